The van der Waals surface area contributed by atoms with Crippen molar-refractivity contribution in [3.05, 3.63) is 56.9 Å². The summed E-state index contributed by atoms with van der Waals surface area (Å²) >= 11 is 18.1. The number of hydrogen-bond donors (Lipinski definition) is 2. The molecule has 0 unspecified atom stereocenters. The average molecular weight is 399 g/mol. The van der Waals surface area contributed by atoms with E-state index in [4.69, 9.17) is 34.8 Å². The topological polar surface area (TPSA) is 75.6 Å². The summed E-state index contributed by atoms with van der Waals surface area (Å²) in [6, 6.07) is 6.71. The van der Waals surface area contributed by atoms with Crippen LogP contribution in [0.4, 0.5) is 0 Å². The van der Waals surface area contributed by atoms with Crippen LogP contribution in [0.3, 0.4) is 0 Å². The maximum absolute atomic E-state index is 12.3. The Morgan fingerprint density at radius 3 is 2.72 bits per heavy atom. The predicted octanol–water partition coefficient (Wildman–Crippen LogP) is 4.18. The molecule has 6 nitrogen and oxygen atoms in total. The van der Waals surface area contributed by atoms with E-state index in [1.807, 2.05) is 6.92 Å². The van der Waals surface area contributed by atoms with E-state index in [2.05, 4.69) is 20.6 Å². The number of nitrogens with one attached hydrogen (secondary N) is 2. The van der Waals surface area contributed by atoms with Crippen LogP contribution < -0.4 is 5.32 Å². The van der Waals surface area contributed by atoms with E-state index in [1.54, 1.807) is 35.1 Å². The molecule has 0 spiro atoms. The van der Waals surface area contributed by atoms with Crippen molar-refractivity contribution in [2.24, 2.45) is 0 Å². The average Bonchev–Trinajstić information content (AvgIpc) is 3.19. The van der Waals surface area contributed by atoms with E-state index >= 15 is 0 Å². The number of nitrogens with zero attached hydrogens (tertiary/aromatic N) is 3. The maximum atomic E-state index is 12.3. The van der Waals surface area contributed by atoms with Gasteiger partial charge in [0, 0.05) is 23.3 Å². The summed E-state index contributed by atoms with van der Waals surface area (Å²) in [4.78, 5) is 12.3. The number of benzene rings is 1. The van der Waals surface area contributed by atoms with E-state index in [-0.39, 0.29) is 12.5 Å². The van der Waals surface area contributed by atoms with Crippen molar-refractivity contribution in [1.29, 1.82) is 0 Å². The molecular formula is C16H14Cl3N5O. The molecule has 0 atom stereocenters. The Bertz CT molecular complexity index is 918. The van der Waals surface area contributed by atoms with Gasteiger partial charge >= 0.3 is 0 Å². The minimum Gasteiger partial charge on any atom is -0.345 e. The van der Waals surface area contributed by atoms with E-state index in [0.29, 0.717) is 44.3 Å². The molecule has 0 aliphatic heterocycles. The number of halogens is 3. The first-order chi connectivity index (χ1) is 12.0. The van der Waals surface area contributed by atoms with Gasteiger partial charge in [0.25, 0.3) is 5.91 Å². The number of carbonyl (C=O) groups is 1. The zero-order valence-corrected chi connectivity index (χ0v) is 15.5. The SMILES string of the molecule is CCn1cc(Cl)c(CNC(=O)c2cc(-c3ccc(Cl)cc3Cl)n[nH]2)n1. The second kappa shape index (κ2) is 7.47. The van der Waals surface area contributed by atoms with Gasteiger partial charge in [-0.3, -0.25) is 14.6 Å². The molecule has 0 saturated carbocycles. The van der Waals surface area contributed by atoms with Gasteiger partial charge in [-0.05, 0) is 31.2 Å². The molecule has 130 valence electrons. The van der Waals surface area contributed by atoms with Gasteiger partial charge in [0.05, 0.1) is 22.3 Å². The van der Waals surface area contributed by atoms with E-state index in [9.17, 15) is 4.79 Å². The molecule has 0 fully saturated rings. The van der Waals surface area contributed by atoms with Crippen LogP contribution >= 0.6 is 34.8 Å². The molecule has 0 aliphatic carbocycles. The van der Waals surface area contributed by atoms with Gasteiger partial charge < -0.3 is 5.32 Å². The molecule has 0 aliphatic rings. The fourth-order valence-corrected chi connectivity index (χ4v) is 2.97. The molecule has 0 bridgehead atoms. The van der Waals surface area contributed by atoms with Gasteiger partial charge in [0.1, 0.15) is 11.4 Å². The molecule has 25 heavy (non-hydrogen) atoms. The molecular weight excluding hydrogens is 385 g/mol. The smallest absolute Gasteiger partial charge is 0.269 e. The van der Waals surface area contributed by atoms with Crippen LogP contribution in [0.1, 0.15) is 23.1 Å². The van der Waals surface area contributed by atoms with E-state index < -0.39 is 0 Å². The monoisotopic (exact) mass is 397 g/mol. The third kappa shape index (κ3) is 3.98. The van der Waals surface area contributed by atoms with Crippen LogP contribution in [-0.2, 0) is 13.1 Å². The second-order valence-corrected chi connectivity index (χ2v) is 6.50. The Morgan fingerprint density at radius 1 is 1.24 bits per heavy atom. The highest BCUT2D eigenvalue weighted by Crippen LogP contribution is 2.29. The Hall–Kier alpha value is -2.02. The Morgan fingerprint density at radius 2 is 2.04 bits per heavy atom. The third-order valence-corrected chi connectivity index (χ3v) is 4.42. The minimum atomic E-state index is -0.314. The van der Waals surface area contributed by atoms with Crippen LogP contribution in [0.15, 0.2) is 30.5 Å². The van der Waals surface area contributed by atoms with Crippen molar-refractivity contribution in [1.82, 2.24) is 25.3 Å². The van der Waals surface area contributed by atoms with Crippen LogP contribution in [0.5, 0.6) is 0 Å². The van der Waals surface area contributed by atoms with Crippen LogP contribution in [0.25, 0.3) is 11.3 Å². The van der Waals surface area contributed by atoms with E-state index in [0.717, 1.165) is 0 Å². The van der Waals surface area contributed by atoms with Crippen molar-refractivity contribution in [3.8, 4) is 11.3 Å². The van der Waals surface area contributed by atoms with Gasteiger partial charge in [-0.25, -0.2) is 0 Å². The van der Waals surface area contributed by atoms with Crippen molar-refractivity contribution in [2.45, 2.75) is 20.0 Å². The highest BCUT2D eigenvalue weighted by molar-refractivity contribution is 6.36. The second-order valence-electron chi connectivity index (χ2n) is 5.25. The van der Waals surface area contributed by atoms with Crippen LogP contribution in [0.2, 0.25) is 15.1 Å². The first kappa shape index (κ1) is 17.8. The number of H-pyrrole nitrogens is 1. The normalized spacial score (nSPS) is 10.9. The fourth-order valence-electron chi connectivity index (χ4n) is 2.25. The summed E-state index contributed by atoms with van der Waals surface area (Å²) in [7, 11) is 0. The minimum absolute atomic E-state index is 0.223. The molecule has 2 N–H and O–H groups in total. The highest BCUT2D eigenvalue weighted by atomic mass is 35.5. The lowest BCUT2D eigenvalue weighted by atomic mass is 10.1. The third-order valence-electron chi connectivity index (χ3n) is 3.56. The maximum Gasteiger partial charge on any atom is 0.269 e. The lowest BCUT2D eigenvalue weighted by molar-refractivity contribution is 0.0945. The quantitative estimate of drug-likeness (QED) is 0.677. The molecule has 0 saturated heterocycles. The molecule has 3 rings (SSSR count). The van der Waals surface area contributed by atoms with Gasteiger partial charge in [-0.15, -0.1) is 0 Å². The number of amides is 1. The van der Waals surface area contributed by atoms with Gasteiger partial charge in [0.2, 0.25) is 0 Å². The number of hydrogen-bond acceptors (Lipinski definition) is 3. The lowest BCUT2D eigenvalue weighted by Gasteiger charge is -2.01. The zero-order valence-electron chi connectivity index (χ0n) is 13.2. The number of aromatic nitrogens is 4. The largest absolute Gasteiger partial charge is 0.345 e. The summed E-state index contributed by atoms with van der Waals surface area (Å²) in [6.07, 6.45) is 1.72. The molecule has 2 heterocycles. The number of carbonyl (C=O) groups excluding carboxylic acids is 1. The first-order valence-electron chi connectivity index (χ1n) is 7.48. The van der Waals surface area contributed by atoms with Crippen LogP contribution in [-0.4, -0.2) is 25.9 Å². The summed E-state index contributed by atoms with van der Waals surface area (Å²) < 4.78 is 1.71. The lowest BCUT2D eigenvalue weighted by Crippen LogP contribution is -2.23. The molecule has 0 radical (unpaired) electrons. The molecule has 3 aromatic rings. The number of rotatable bonds is 5. The molecule has 1 amide bonds. The standard InChI is InChI=1S/C16H14Cl3N5O/c1-2-24-8-12(19)15(23-24)7-20-16(25)14-6-13(21-22-14)10-4-3-9(17)5-11(10)18/h3-6,8H,2,7H2,1H3,(H,20,25)(H,21,22). The van der Waals surface area contributed by atoms with Crippen molar-refractivity contribution >= 4 is 40.7 Å². The number of aryl methyl sites for hydroxylation is 1. The van der Waals surface area contributed by atoms with Crippen LogP contribution in [0, 0.1) is 0 Å². The molecule has 9 heteroatoms. The molecule has 2 aromatic heterocycles. The first-order valence-corrected chi connectivity index (χ1v) is 8.62. The molecule has 1 aromatic carbocycles. The summed E-state index contributed by atoms with van der Waals surface area (Å²) in [5, 5.41) is 15.4. The zero-order chi connectivity index (χ0) is 18.0. The predicted molar refractivity (Wildman–Crippen MR) is 98.1 cm³/mol. The highest BCUT2D eigenvalue weighted by Gasteiger charge is 2.14. The summed E-state index contributed by atoms with van der Waals surface area (Å²) in [6.45, 7) is 2.89. The fraction of sp³-hybridized carbons (Fsp3) is 0.188. The Kier molecular flexibility index (Phi) is 5.32. The van der Waals surface area contributed by atoms with Crippen molar-refractivity contribution in [3.63, 3.8) is 0 Å². The number of aromatic amines is 1. The Labute approximate surface area is 159 Å². The Balaban J connectivity index is 1.71. The van der Waals surface area contributed by atoms with Crippen molar-refractivity contribution < 1.29 is 4.79 Å². The van der Waals surface area contributed by atoms with Crippen molar-refractivity contribution in [2.75, 3.05) is 0 Å². The van der Waals surface area contributed by atoms with Gasteiger partial charge in [0.15, 0.2) is 0 Å². The van der Waals surface area contributed by atoms with Gasteiger partial charge in [-0.2, -0.15) is 10.2 Å². The van der Waals surface area contributed by atoms with E-state index in [1.165, 1.54) is 0 Å². The van der Waals surface area contributed by atoms with Gasteiger partial charge in [-0.1, -0.05) is 34.8 Å². The summed E-state index contributed by atoms with van der Waals surface area (Å²) in [5.41, 5.74) is 2.16. The summed E-state index contributed by atoms with van der Waals surface area (Å²) in [5.74, 6) is -0.314.